The summed E-state index contributed by atoms with van der Waals surface area (Å²) in [6.45, 7) is 4.10. The zero-order valence-electron chi connectivity index (χ0n) is 11.6. The lowest BCUT2D eigenvalue weighted by Crippen LogP contribution is -2.35. The molecule has 2 heterocycles. The number of nitrogens with zero attached hydrogens (tertiary/aromatic N) is 3. The van der Waals surface area contributed by atoms with Crippen LogP contribution in [0.1, 0.15) is 29.9 Å². The molecule has 0 aliphatic carbocycles. The van der Waals surface area contributed by atoms with Crippen molar-refractivity contribution in [2.24, 2.45) is 0 Å². The van der Waals surface area contributed by atoms with E-state index >= 15 is 0 Å². The predicted molar refractivity (Wildman–Crippen MR) is 82.4 cm³/mol. The van der Waals surface area contributed by atoms with E-state index in [1.807, 2.05) is 0 Å². The van der Waals surface area contributed by atoms with Gasteiger partial charge in [0.25, 0.3) is 0 Å². The van der Waals surface area contributed by atoms with Gasteiger partial charge in [-0.15, -0.1) is 0 Å². The minimum Gasteiger partial charge on any atom is -0.353 e. The number of aromatic nitrogens is 2. The average Bonchev–Trinajstić information content (AvgIpc) is 2.48. The minimum atomic E-state index is 0.498. The fourth-order valence-corrected chi connectivity index (χ4v) is 3.12. The number of rotatable bonds is 2. The molecule has 0 N–H and O–H groups in total. The largest absolute Gasteiger partial charge is 0.353 e. The summed E-state index contributed by atoms with van der Waals surface area (Å²) in [4.78, 5) is 10.8. The zero-order valence-corrected chi connectivity index (χ0v) is 12.3. The van der Waals surface area contributed by atoms with Gasteiger partial charge in [-0.1, -0.05) is 41.4 Å². The van der Waals surface area contributed by atoms with Crippen molar-refractivity contribution in [2.45, 2.75) is 25.7 Å². The van der Waals surface area contributed by atoms with Gasteiger partial charge in [0.2, 0.25) is 0 Å². The number of hydrogen-bond acceptors (Lipinski definition) is 3. The van der Waals surface area contributed by atoms with Crippen LogP contribution in [-0.4, -0.2) is 23.1 Å². The highest BCUT2D eigenvalue weighted by molar-refractivity contribution is 6.31. The van der Waals surface area contributed by atoms with Crippen LogP contribution in [0.5, 0.6) is 0 Å². The number of hydrogen-bond donors (Lipinski definition) is 0. The molecule has 2 aromatic rings. The quantitative estimate of drug-likeness (QED) is 0.841. The molecule has 4 heteroatoms. The average molecular weight is 288 g/mol. The standard InChI is InChI=1S/C16H18ClN3/c1-12-4-2-5-13(10-12)14-6-3-9-20(11-14)16-15(17)18-7-8-19-16/h2,4-5,7-8,10,14H,3,6,9,11H2,1H3. The van der Waals surface area contributed by atoms with Crippen molar-refractivity contribution in [3.8, 4) is 0 Å². The van der Waals surface area contributed by atoms with E-state index in [9.17, 15) is 0 Å². The molecule has 3 nitrogen and oxygen atoms in total. The Morgan fingerprint density at radius 1 is 1.25 bits per heavy atom. The molecule has 104 valence electrons. The minimum absolute atomic E-state index is 0.498. The Hall–Kier alpha value is -1.61. The Balaban J connectivity index is 1.82. The lowest BCUT2D eigenvalue weighted by molar-refractivity contribution is 0.506. The lowest BCUT2D eigenvalue weighted by Gasteiger charge is -2.34. The van der Waals surface area contributed by atoms with E-state index in [2.05, 4.69) is 46.1 Å². The Morgan fingerprint density at radius 3 is 2.90 bits per heavy atom. The molecule has 0 amide bonds. The molecule has 1 fully saturated rings. The molecular formula is C16H18ClN3. The molecule has 3 rings (SSSR count). The van der Waals surface area contributed by atoms with Crippen LogP contribution in [0.2, 0.25) is 5.15 Å². The summed E-state index contributed by atoms with van der Waals surface area (Å²) in [5.41, 5.74) is 2.73. The molecule has 0 bridgehead atoms. The summed E-state index contributed by atoms with van der Waals surface area (Å²) in [5, 5.41) is 0.498. The van der Waals surface area contributed by atoms with Crippen LogP contribution in [0, 0.1) is 6.92 Å². The highest BCUT2D eigenvalue weighted by Crippen LogP contribution is 2.31. The Morgan fingerprint density at radius 2 is 2.10 bits per heavy atom. The first kappa shape index (κ1) is 13.4. The van der Waals surface area contributed by atoms with Crippen LogP contribution in [0.25, 0.3) is 0 Å². The molecule has 0 spiro atoms. The third-order valence-corrected chi connectivity index (χ3v) is 4.14. The first-order valence-electron chi connectivity index (χ1n) is 7.02. The van der Waals surface area contributed by atoms with Gasteiger partial charge in [-0.3, -0.25) is 0 Å². The summed E-state index contributed by atoms with van der Waals surface area (Å²) >= 11 is 6.16. The van der Waals surface area contributed by atoms with Crippen molar-refractivity contribution in [1.29, 1.82) is 0 Å². The highest BCUT2D eigenvalue weighted by atomic mass is 35.5. The van der Waals surface area contributed by atoms with E-state index in [4.69, 9.17) is 11.6 Å². The molecule has 1 saturated heterocycles. The molecule has 0 saturated carbocycles. The van der Waals surface area contributed by atoms with E-state index in [-0.39, 0.29) is 0 Å². The Labute approximate surface area is 124 Å². The molecule has 20 heavy (non-hydrogen) atoms. The van der Waals surface area contributed by atoms with Crippen molar-refractivity contribution >= 4 is 17.4 Å². The number of piperidine rings is 1. The van der Waals surface area contributed by atoms with Gasteiger partial charge in [0, 0.05) is 31.4 Å². The van der Waals surface area contributed by atoms with Gasteiger partial charge >= 0.3 is 0 Å². The summed E-state index contributed by atoms with van der Waals surface area (Å²) in [6, 6.07) is 8.79. The third-order valence-electron chi connectivity index (χ3n) is 3.87. The molecule has 1 unspecified atom stereocenters. The first-order valence-corrected chi connectivity index (χ1v) is 7.40. The second kappa shape index (κ2) is 5.80. The lowest BCUT2D eigenvalue weighted by atomic mass is 9.90. The van der Waals surface area contributed by atoms with Crippen LogP contribution in [0.4, 0.5) is 5.82 Å². The smallest absolute Gasteiger partial charge is 0.171 e. The van der Waals surface area contributed by atoms with E-state index < -0.39 is 0 Å². The second-order valence-electron chi connectivity index (χ2n) is 5.37. The molecular weight excluding hydrogens is 270 g/mol. The summed E-state index contributed by atoms with van der Waals surface area (Å²) < 4.78 is 0. The van der Waals surface area contributed by atoms with Crippen LogP contribution in [0.3, 0.4) is 0 Å². The highest BCUT2D eigenvalue weighted by Gasteiger charge is 2.23. The van der Waals surface area contributed by atoms with Gasteiger partial charge in [0.05, 0.1) is 0 Å². The maximum Gasteiger partial charge on any atom is 0.171 e. The maximum absolute atomic E-state index is 6.16. The number of aryl methyl sites for hydroxylation is 1. The van der Waals surface area contributed by atoms with E-state index in [0.29, 0.717) is 11.1 Å². The van der Waals surface area contributed by atoms with Gasteiger partial charge in [-0.05, 0) is 25.3 Å². The normalized spacial score (nSPS) is 19.1. The maximum atomic E-state index is 6.16. The van der Waals surface area contributed by atoms with Gasteiger partial charge in [0.15, 0.2) is 11.0 Å². The predicted octanol–water partition coefficient (Wildman–Crippen LogP) is 3.82. The van der Waals surface area contributed by atoms with Crippen LogP contribution in [-0.2, 0) is 0 Å². The van der Waals surface area contributed by atoms with Crippen molar-refractivity contribution in [1.82, 2.24) is 9.97 Å². The van der Waals surface area contributed by atoms with E-state index in [0.717, 1.165) is 25.3 Å². The summed E-state index contributed by atoms with van der Waals surface area (Å²) in [5.74, 6) is 1.35. The van der Waals surface area contributed by atoms with Crippen molar-refractivity contribution in [3.63, 3.8) is 0 Å². The summed E-state index contributed by atoms with van der Waals surface area (Å²) in [6.07, 6.45) is 5.72. The number of anilines is 1. The van der Waals surface area contributed by atoms with Crippen molar-refractivity contribution < 1.29 is 0 Å². The van der Waals surface area contributed by atoms with Crippen molar-refractivity contribution in [2.75, 3.05) is 18.0 Å². The molecule has 1 aromatic carbocycles. The molecule has 1 aromatic heterocycles. The molecule has 1 aliphatic rings. The van der Waals surface area contributed by atoms with Gasteiger partial charge in [-0.25, -0.2) is 9.97 Å². The number of halogens is 1. The summed E-state index contributed by atoms with van der Waals surface area (Å²) in [7, 11) is 0. The monoisotopic (exact) mass is 287 g/mol. The van der Waals surface area contributed by atoms with E-state index in [1.54, 1.807) is 12.4 Å². The third kappa shape index (κ3) is 2.78. The van der Waals surface area contributed by atoms with Gasteiger partial charge < -0.3 is 4.90 Å². The van der Waals surface area contributed by atoms with Crippen LogP contribution < -0.4 is 4.90 Å². The topological polar surface area (TPSA) is 29.0 Å². The fourth-order valence-electron chi connectivity index (χ4n) is 2.89. The first-order chi connectivity index (χ1) is 9.74. The van der Waals surface area contributed by atoms with E-state index in [1.165, 1.54) is 17.5 Å². The van der Waals surface area contributed by atoms with Gasteiger partial charge in [-0.2, -0.15) is 0 Å². The van der Waals surface area contributed by atoms with Crippen molar-refractivity contribution in [3.05, 3.63) is 52.9 Å². The van der Waals surface area contributed by atoms with Crippen LogP contribution >= 0.6 is 11.6 Å². The Kier molecular flexibility index (Phi) is 3.88. The molecule has 1 aliphatic heterocycles. The van der Waals surface area contributed by atoms with Gasteiger partial charge in [0.1, 0.15) is 0 Å². The Bertz CT molecular complexity index is 600. The molecule has 0 radical (unpaired) electrons. The SMILES string of the molecule is Cc1cccc(C2CCCN(c3nccnc3Cl)C2)c1. The second-order valence-corrected chi connectivity index (χ2v) is 5.73. The zero-order chi connectivity index (χ0) is 13.9. The fraction of sp³-hybridized carbons (Fsp3) is 0.375. The number of benzene rings is 1. The molecule has 1 atom stereocenters. The van der Waals surface area contributed by atoms with Crippen LogP contribution in [0.15, 0.2) is 36.7 Å².